The fourth-order valence-corrected chi connectivity index (χ4v) is 3.27. The summed E-state index contributed by atoms with van der Waals surface area (Å²) in [6.07, 6.45) is 4.08. The van der Waals surface area contributed by atoms with E-state index in [-0.39, 0.29) is 5.54 Å². The molecule has 4 nitrogen and oxygen atoms in total. The highest BCUT2D eigenvalue weighted by Gasteiger charge is 2.28. The highest BCUT2D eigenvalue weighted by atomic mass is 32.1. The SMILES string of the molecule is CC1=CC(C)(C)N(C)c2ccc(/C=N/NC(=S)Nc3ccccc3)cc21. The van der Waals surface area contributed by atoms with Crippen LogP contribution in [0.2, 0.25) is 0 Å². The lowest BCUT2D eigenvalue weighted by molar-refractivity contribution is 0.598. The highest BCUT2D eigenvalue weighted by Crippen LogP contribution is 2.37. The highest BCUT2D eigenvalue weighted by molar-refractivity contribution is 7.80. The lowest BCUT2D eigenvalue weighted by Gasteiger charge is -2.40. The first kappa shape index (κ1) is 18.1. The zero-order chi connectivity index (χ0) is 18.7. The van der Waals surface area contributed by atoms with Crippen molar-refractivity contribution in [2.75, 3.05) is 17.3 Å². The van der Waals surface area contributed by atoms with Gasteiger partial charge in [-0.2, -0.15) is 5.10 Å². The van der Waals surface area contributed by atoms with Crippen molar-refractivity contribution in [3.8, 4) is 0 Å². The molecule has 0 amide bonds. The van der Waals surface area contributed by atoms with Gasteiger partial charge in [0.15, 0.2) is 5.11 Å². The first-order valence-corrected chi connectivity index (χ1v) is 9.00. The molecule has 0 saturated heterocycles. The third-order valence-electron chi connectivity index (χ3n) is 4.65. The molecule has 0 aromatic heterocycles. The molecule has 1 aliphatic heterocycles. The van der Waals surface area contributed by atoms with Crippen molar-refractivity contribution in [3.63, 3.8) is 0 Å². The van der Waals surface area contributed by atoms with E-state index < -0.39 is 0 Å². The first-order valence-electron chi connectivity index (χ1n) is 8.60. The summed E-state index contributed by atoms with van der Waals surface area (Å²) in [5.41, 5.74) is 8.59. The van der Waals surface area contributed by atoms with Gasteiger partial charge < -0.3 is 10.2 Å². The number of thiocarbonyl (C=S) groups is 1. The Morgan fingerprint density at radius 3 is 2.62 bits per heavy atom. The maximum atomic E-state index is 5.26. The molecular weight excluding hydrogens is 340 g/mol. The number of hydrogen-bond acceptors (Lipinski definition) is 3. The lowest BCUT2D eigenvalue weighted by atomic mass is 9.89. The van der Waals surface area contributed by atoms with E-state index in [2.05, 4.69) is 72.8 Å². The van der Waals surface area contributed by atoms with Crippen LogP contribution in [0.25, 0.3) is 5.57 Å². The molecule has 0 bridgehead atoms. The molecule has 134 valence electrons. The van der Waals surface area contributed by atoms with Crippen molar-refractivity contribution in [2.24, 2.45) is 5.10 Å². The topological polar surface area (TPSA) is 39.7 Å². The Hall–Kier alpha value is -2.66. The molecule has 1 heterocycles. The minimum Gasteiger partial charge on any atom is -0.366 e. The van der Waals surface area contributed by atoms with E-state index in [4.69, 9.17) is 12.2 Å². The normalized spacial score (nSPS) is 15.4. The number of likely N-dealkylation sites (N-methyl/N-ethyl adjacent to an activating group) is 1. The fourth-order valence-electron chi connectivity index (χ4n) is 3.10. The summed E-state index contributed by atoms with van der Waals surface area (Å²) in [7, 11) is 2.13. The van der Waals surface area contributed by atoms with Crippen LogP contribution in [0.3, 0.4) is 0 Å². The molecule has 2 aromatic carbocycles. The van der Waals surface area contributed by atoms with Crippen LogP contribution in [0.4, 0.5) is 11.4 Å². The molecule has 26 heavy (non-hydrogen) atoms. The molecule has 0 saturated carbocycles. The zero-order valence-electron chi connectivity index (χ0n) is 15.6. The van der Waals surface area contributed by atoms with Gasteiger partial charge in [0.1, 0.15) is 0 Å². The van der Waals surface area contributed by atoms with E-state index in [1.165, 1.54) is 16.8 Å². The molecule has 0 unspecified atom stereocenters. The molecule has 0 radical (unpaired) electrons. The average Bonchev–Trinajstić information content (AvgIpc) is 2.60. The molecular formula is C21H24N4S. The Morgan fingerprint density at radius 1 is 1.15 bits per heavy atom. The van der Waals surface area contributed by atoms with Crippen molar-refractivity contribution in [2.45, 2.75) is 26.3 Å². The van der Waals surface area contributed by atoms with E-state index in [9.17, 15) is 0 Å². The van der Waals surface area contributed by atoms with Crippen LogP contribution < -0.4 is 15.6 Å². The number of fused-ring (bicyclic) bond motifs is 1. The first-order chi connectivity index (χ1) is 12.4. The number of nitrogens with one attached hydrogen (secondary N) is 2. The number of hydrazone groups is 1. The van der Waals surface area contributed by atoms with E-state index >= 15 is 0 Å². The second-order valence-corrected chi connectivity index (χ2v) is 7.42. The Labute approximate surface area is 160 Å². The van der Waals surface area contributed by atoms with Crippen LogP contribution in [-0.2, 0) is 0 Å². The van der Waals surface area contributed by atoms with Crippen molar-refractivity contribution in [1.29, 1.82) is 0 Å². The van der Waals surface area contributed by atoms with Gasteiger partial charge in [-0.3, -0.25) is 5.43 Å². The molecule has 0 spiro atoms. The smallest absolute Gasteiger partial charge is 0.191 e. The third kappa shape index (κ3) is 3.94. The largest absolute Gasteiger partial charge is 0.366 e. The Bertz CT molecular complexity index is 869. The summed E-state index contributed by atoms with van der Waals surface area (Å²) in [4.78, 5) is 2.30. The van der Waals surface area contributed by atoms with Gasteiger partial charge in [-0.05, 0) is 68.4 Å². The Morgan fingerprint density at radius 2 is 1.88 bits per heavy atom. The van der Waals surface area contributed by atoms with Gasteiger partial charge in [0.25, 0.3) is 0 Å². The molecule has 0 fully saturated rings. The predicted molar refractivity (Wildman–Crippen MR) is 116 cm³/mol. The van der Waals surface area contributed by atoms with E-state index in [1.54, 1.807) is 6.21 Å². The predicted octanol–water partition coefficient (Wildman–Crippen LogP) is 4.64. The van der Waals surface area contributed by atoms with Crippen LogP contribution in [-0.4, -0.2) is 23.9 Å². The maximum Gasteiger partial charge on any atom is 0.191 e. The molecule has 0 aliphatic carbocycles. The second kappa shape index (κ2) is 7.30. The summed E-state index contributed by atoms with van der Waals surface area (Å²) in [6.45, 7) is 6.60. The van der Waals surface area contributed by atoms with E-state index in [0.29, 0.717) is 5.11 Å². The minimum absolute atomic E-state index is 0.0174. The van der Waals surface area contributed by atoms with Gasteiger partial charge in [-0.1, -0.05) is 30.3 Å². The minimum atomic E-state index is 0.0174. The zero-order valence-corrected chi connectivity index (χ0v) is 16.4. The molecule has 2 N–H and O–H groups in total. The summed E-state index contributed by atoms with van der Waals surface area (Å²) >= 11 is 5.26. The van der Waals surface area contributed by atoms with Crippen LogP contribution in [0.5, 0.6) is 0 Å². The molecule has 1 aliphatic rings. The number of anilines is 2. The monoisotopic (exact) mass is 364 g/mol. The quantitative estimate of drug-likeness (QED) is 0.473. The van der Waals surface area contributed by atoms with Crippen molar-refractivity contribution in [1.82, 2.24) is 5.43 Å². The third-order valence-corrected chi connectivity index (χ3v) is 4.85. The van der Waals surface area contributed by atoms with Crippen LogP contribution in [0.1, 0.15) is 31.9 Å². The number of nitrogens with zero attached hydrogens (tertiary/aromatic N) is 2. The number of rotatable bonds is 3. The van der Waals surface area contributed by atoms with Crippen LogP contribution in [0, 0.1) is 0 Å². The van der Waals surface area contributed by atoms with E-state index in [0.717, 1.165) is 11.3 Å². The summed E-state index contributed by atoms with van der Waals surface area (Å²) in [5.74, 6) is 0. The summed E-state index contributed by atoms with van der Waals surface area (Å²) in [6, 6.07) is 16.2. The summed E-state index contributed by atoms with van der Waals surface area (Å²) in [5, 5.41) is 7.80. The second-order valence-electron chi connectivity index (χ2n) is 7.01. The van der Waals surface area contributed by atoms with Gasteiger partial charge in [-0.25, -0.2) is 0 Å². The number of allylic oxidation sites excluding steroid dienone is 1. The molecule has 0 atom stereocenters. The molecule has 3 rings (SSSR count). The van der Waals surface area contributed by atoms with Crippen LogP contribution >= 0.6 is 12.2 Å². The molecule has 2 aromatic rings. The van der Waals surface area contributed by atoms with Gasteiger partial charge in [0.05, 0.1) is 11.8 Å². The lowest BCUT2D eigenvalue weighted by Crippen LogP contribution is -2.42. The van der Waals surface area contributed by atoms with E-state index in [1.807, 2.05) is 30.3 Å². The maximum absolute atomic E-state index is 5.26. The summed E-state index contributed by atoms with van der Waals surface area (Å²) < 4.78 is 0. The van der Waals surface area contributed by atoms with Gasteiger partial charge in [0.2, 0.25) is 0 Å². The number of benzene rings is 2. The average molecular weight is 365 g/mol. The standard InChI is InChI=1S/C21H24N4S/c1-15-13-21(2,3)25(4)19-11-10-16(12-18(15)19)14-22-24-20(26)23-17-8-6-5-7-9-17/h5-14H,1-4H3,(H2,23,24,26)/b22-14+. The fraction of sp³-hybridized carbons (Fsp3) is 0.238. The van der Waals surface area contributed by atoms with Gasteiger partial charge in [-0.15, -0.1) is 0 Å². The van der Waals surface area contributed by atoms with Gasteiger partial charge >= 0.3 is 0 Å². The van der Waals surface area contributed by atoms with Crippen molar-refractivity contribution < 1.29 is 0 Å². The van der Waals surface area contributed by atoms with Crippen LogP contribution in [0.15, 0.2) is 59.7 Å². The molecule has 5 heteroatoms. The van der Waals surface area contributed by atoms with Crippen molar-refractivity contribution in [3.05, 3.63) is 65.7 Å². The number of para-hydroxylation sites is 1. The van der Waals surface area contributed by atoms with Crippen molar-refractivity contribution >= 4 is 40.5 Å². The Balaban J connectivity index is 1.69. The number of hydrogen-bond donors (Lipinski definition) is 2. The Kier molecular flexibility index (Phi) is 5.09. The van der Waals surface area contributed by atoms with Gasteiger partial charge in [0, 0.05) is 24.0 Å².